The number of nitrogens with zero attached hydrogens (tertiary/aromatic N) is 2. The summed E-state index contributed by atoms with van der Waals surface area (Å²) in [5.74, 6) is 0.692. The first-order valence-electron chi connectivity index (χ1n) is 7.77. The minimum Gasteiger partial charge on any atom is -0.383 e. The number of thiophene rings is 1. The third-order valence-corrected chi connectivity index (χ3v) is 5.57. The minimum absolute atomic E-state index is 0. The second-order valence-corrected chi connectivity index (χ2v) is 7.52. The van der Waals surface area contributed by atoms with E-state index >= 15 is 0 Å². The molecule has 3 N–H and O–H groups in total. The van der Waals surface area contributed by atoms with Gasteiger partial charge in [0.1, 0.15) is 10.6 Å². The molecule has 2 aromatic rings. The molecule has 2 rings (SSSR count). The molecule has 0 aliphatic rings. The Morgan fingerprint density at radius 2 is 2.17 bits per heavy atom. The van der Waals surface area contributed by atoms with E-state index in [2.05, 4.69) is 27.5 Å². The molecule has 24 heavy (non-hydrogen) atoms. The van der Waals surface area contributed by atoms with Crippen LogP contribution in [-0.4, -0.2) is 29.1 Å². The maximum absolute atomic E-state index is 10.6. The molecule has 2 heterocycles. The Balaban J connectivity index is 0.00000288. The number of aryl methyl sites for hydroxylation is 1. The highest BCUT2D eigenvalue weighted by molar-refractivity contribution is 14.0. The van der Waals surface area contributed by atoms with E-state index in [-0.39, 0.29) is 24.0 Å². The molecule has 0 spiro atoms. The summed E-state index contributed by atoms with van der Waals surface area (Å²) < 4.78 is 0. The second-order valence-electron chi connectivity index (χ2n) is 5.37. The molecule has 0 fully saturated rings. The smallest absolute Gasteiger partial charge is 0.191 e. The first-order chi connectivity index (χ1) is 11.0. The van der Waals surface area contributed by atoms with Crippen LogP contribution >= 0.6 is 46.7 Å². The van der Waals surface area contributed by atoms with Crippen LogP contribution in [0.4, 0.5) is 0 Å². The zero-order valence-electron chi connectivity index (χ0n) is 14.2. The Kier molecular flexibility index (Phi) is 9.17. The van der Waals surface area contributed by atoms with Gasteiger partial charge in [0.25, 0.3) is 0 Å². The third-order valence-electron chi connectivity index (χ3n) is 3.32. The summed E-state index contributed by atoms with van der Waals surface area (Å²) in [7, 11) is 0. The molecular weight excluding hydrogens is 455 g/mol. The van der Waals surface area contributed by atoms with Crippen molar-refractivity contribution in [1.82, 2.24) is 15.6 Å². The second kappa shape index (κ2) is 10.3. The lowest BCUT2D eigenvalue weighted by atomic mass is 10.1. The first-order valence-corrected chi connectivity index (χ1v) is 9.47. The van der Waals surface area contributed by atoms with Crippen LogP contribution < -0.4 is 10.6 Å². The van der Waals surface area contributed by atoms with Gasteiger partial charge in [-0.25, -0.2) is 9.98 Å². The fourth-order valence-electron chi connectivity index (χ4n) is 2.00. The zero-order valence-corrected chi connectivity index (χ0v) is 18.2. The lowest BCUT2D eigenvalue weighted by molar-refractivity contribution is 0.0655. The van der Waals surface area contributed by atoms with E-state index in [0.717, 1.165) is 22.9 Å². The SMILES string of the molecule is CCNC(=NCc1ncc(CC)s1)NCC(C)(O)c1cccs1.I. The number of aromatic nitrogens is 1. The number of rotatable bonds is 7. The molecule has 0 aliphatic heterocycles. The summed E-state index contributed by atoms with van der Waals surface area (Å²) in [6.07, 6.45) is 2.92. The quantitative estimate of drug-likeness (QED) is 0.323. The van der Waals surface area contributed by atoms with Gasteiger partial charge in [0.15, 0.2) is 5.96 Å². The van der Waals surface area contributed by atoms with Crippen LogP contribution in [0.5, 0.6) is 0 Å². The van der Waals surface area contributed by atoms with Crippen molar-refractivity contribution in [3.8, 4) is 0 Å². The molecule has 8 heteroatoms. The van der Waals surface area contributed by atoms with Gasteiger partial charge in [-0.15, -0.1) is 46.7 Å². The van der Waals surface area contributed by atoms with E-state index in [1.54, 1.807) is 22.7 Å². The molecule has 1 unspecified atom stereocenters. The van der Waals surface area contributed by atoms with Crippen molar-refractivity contribution in [3.63, 3.8) is 0 Å². The van der Waals surface area contributed by atoms with Crippen LogP contribution in [0.2, 0.25) is 0 Å². The first kappa shape index (κ1) is 21.3. The van der Waals surface area contributed by atoms with Crippen molar-refractivity contribution in [2.45, 2.75) is 39.3 Å². The lowest BCUT2D eigenvalue weighted by Gasteiger charge is -2.23. The number of hydrogen-bond donors (Lipinski definition) is 3. The van der Waals surface area contributed by atoms with Crippen molar-refractivity contribution >= 4 is 52.6 Å². The zero-order chi connectivity index (χ0) is 16.7. The van der Waals surface area contributed by atoms with Crippen molar-refractivity contribution in [2.75, 3.05) is 13.1 Å². The Morgan fingerprint density at radius 3 is 2.75 bits per heavy atom. The van der Waals surface area contributed by atoms with Gasteiger partial charge in [-0.2, -0.15) is 0 Å². The van der Waals surface area contributed by atoms with Gasteiger partial charge in [-0.1, -0.05) is 13.0 Å². The molecule has 5 nitrogen and oxygen atoms in total. The highest BCUT2D eigenvalue weighted by Gasteiger charge is 2.24. The normalized spacial score (nSPS) is 13.9. The molecule has 2 aromatic heterocycles. The van der Waals surface area contributed by atoms with Gasteiger partial charge in [-0.3, -0.25) is 0 Å². The number of nitrogens with one attached hydrogen (secondary N) is 2. The number of aliphatic imine (C=N–C) groups is 1. The molecule has 0 bridgehead atoms. The van der Waals surface area contributed by atoms with Gasteiger partial charge >= 0.3 is 0 Å². The number of aliphatic hydroxyl groups is 1. The minimum atomic E-state index is -0.916. The molecule has 0 saturated carbocycles. The molecule has 134 valence electrons. The van der Waals surface area contributed by atoms with Crippen LogP contribution in [0.3, 0.4) is 0 Å². The van der Waals surface area contributed by atoms with Crippen LogP contribution in [0.15, 0.2) is 28.7 Å². The predicted octanol–water partition coefficient (Wildman–Crippen LogP) is 3.35. The van der Waals surface area contributed by atoms with Gasteiger partial charge in [0, 0.05) is 22.5 Å². The van der Waals surface area contributed by atoms with Crippen LogP contribution in [-0.2, 0) is 18.6 Å². The maximum atomic E-state index is 10.6. The van der Waals surface area contributed by atoms with E-state index in [9.17, 15) is 5.11 Å². The molecule has 0 saturated heterocycles. The number of hydrogen-bond acceptors (Lipinski definition) is 5. The average molecular weight is 480 g/mol. The van der Waals surface area contributed by atoms with E-state index in [4.69, 9.17) is 0 Å². The molecular formula is C16H25IN4OS2. The standard InChI is InChI=1S/C16H24N4OS2.HI/c1-4-12-9-18-14(23-12)10-19-15(17-5-2)20-11-16(3,21)13-7-6-8-22-13;/h6-9,21H,4-5,10-11H2,1-3H3,(H2,17,19,20);1H. The predicted molar refractivity (Wildman–Crippen MR) is 114 cm³/mol. The highest BCUT2D eigenvalue weighted by Crippen LogP contribution is 2.24. The van der Waals surface area contributed by atoms with Gasteiger partial charge < -0.3 is 15.7 Å². The summed E-state index contributed by atoms with van der Waals surface area (Å²) in [4.78, 5) is 11.1. The van der Waals surface area contributed by atoms with E-state index in [1.807, 2.05) is 37.6 Å². The van der Waals surface area contributed by atoms with Crippen LogP contribution in [0.1, 0.15) is 35.5 Å². The van der Waals surface area contributed by atoms with E-state index in [0.29, 0.717) is 19.0 Å². The largest absolute Gasteiger partial charge is 0.383 e. The van der Waals surface area contributed by atoms with Gasteiger partial charge in [-0.05, 0) is 31.7 Å². The molecule has 0 amide bonds. The molecule has 0 aliphatic carbocycles. The Bertz CT molecular complexity index is 626. The summed E-state index contributed by atoms with van der Waals surface area (Å²) in [6, 6.07) is 3.89. The monoisotopic (exact) mass is 480 g/mol. The van der Waals surface area contributed by atoms with Crippen molar-refractivity contribution in [1.29, 1.82) is 0 Å². The Hall–Kier alpha value is -0.710. The topological polar surface area (TPSA) is 69.5 Å². The van der Waals surface area contributed by atoms with Crippen molar-refractivity contribution in [3.05, 3.63) is 38.5 Å². The maximum Gasteiger partial charge on any atom is 0.191 e. The number of thiazole rings is 1. The molecule has 0 radical (unpaired) electrons. The molecule has 1 atom stereocenters. The van der Waals surface area contributed by atoms with E-state index < -0.39 is 5.60 Å². The van der Waals surface area contributed by atoms with Crippen molar-refractivity contribution in [2.24, 2.45) is 4.99 Å². The summed E-state index contributed by atoms with van der Waals surface area (Å²) in [5.41, 5.74) is -0.916. The third kappa shape index (κ3) is 6.30. The van der Waals surface area contributed by atoms with Crippen molar-refractivity contribution < 1.29 is 5.11 Å². The number of guanidine groups is 1. The number of halogens is 1. The highest BCUT2D eigenvalue weighted by atomic mass is 127. The summed E-state index contributed by atoms with van der Waals surface area (Å²) >= 11 is 3.24. The average Bonchev–Trinajstić information content (AvgIpc) is 3.21. The van der Waals surface area contributed by atoms with E-state index in [1.165, 1.54) is 4.88 Å². The fourth-order valence-corrected chi connectivity index (χ4v) is 3.57. The Labute approximate surface area is 168 Å². The lowest BCUT2D eigenvalue weighted by Crippen LogP contribution is -2.44. The van der Waals surface area contributed by atoms with Crippen LogP contribution in [0.25, 0.3) is 0 Å². The summed E-state index contributed by atoms with van der Waals surface area (Å²) in [6.45, 7) is 7.67. The van der Waals surface area contributed by atoms with Gasteiger partial charge in [0.2, 0.25) is 0 Å². The fraction of sp³-hybridized carbons (Fsp3) is 0.500. The van der Waals surface area contributed by atoms with Gasteiger partial charge in [0.05, 0.1) is 13.1 Å². The Morgan fingerprint density at radius 1 is 1.38 bits per heavy atom. The van der Waals surface area contributed by atoms with Crippen LogP contribution in [0, 0.1) is 0 Å². The molecule has 0 aromatic carbocycles. The summed E-state index contributed by atoms with van der Waals surface area (Å²) in [5, 5.41) is 20.0.